The molecule has 0 saturated carbocycles. The van der Waals surface area contributed by atoms with Crippen molar-refractivity contribution < 1.29 is 9.13 Å². The Morgan fingerprint density at radius 1 is 1.30 bits per heavy atom. The van der Waals surface area contributed by atoms with E-state index in [2.05, 4.69) is 16.2 Å². The van der Waals surface area contributed by atoms with Gasteiger partial charge in [-0.05, 0) is 37.5 Å². The van der Waals surface area contributed by atoms with Crippen LogP contribution in [0.4, 0.5) is 4.39 Å². The molecule has 2 heterocycles. The summed E-state index contributed by atoms with van der Waals surface area (Å²) in [6, 6.07) is 6.76. The van der Waals surface area contributed by atoms with Crippen molar-refractivity contribution in [3.05, 3.63) is 53.1 Å². The van der Waals surface area contributed by atoms with E-state index in [1.165, 1.54) is 17.7 Å². The molecule has 1 aliphatic heterocycles. The number of hydrogen-bond donors (Lipinski definition) is 0. The van der Waals surface area contributed by atoms with Crippen molar-refractivity contribution in [1.29, 1.82) is 0 Å². The Hall–Kier alpha value is -1.72. The molecule has 0 unspecified atom stereocenters. The summed E-state index contributed by atoms with van der Waals surface area (Å²) in [6.45, 7) is 5.41. The zero-order valence-corrected chi connectivity index (χ0v) is 13.8. The molecule has 0 aliphatic carbocycles. The van der Waals surface area contributed by atoms with E-state index < -0.39 is 0 Å². The SMILES string of the molecule is Cc1nn(C)cc1CN(Cc1ccc(F)cc1)C[C@H]1CCCO1. The van der Waals surface area contributed by atoms with Gasteiger partial charge in [-0.2, -0.15) is 5.10 Å². The number of halogens is 1. The van der Waals surface area contributed by atoms with Gasteiger partial charge >= 0.3 is 0 Å². The van der Waals surface area contributed by atoms with Crippen LogP contribution in [0.25, 0.3) is 0 Å². The van der Waals surface area contributed by atoms with E-state index in [4.69, 9.17) is 4.74 Å². The van der Waals surface area contributed by atoms with Gasteiger partial charge in [-0.3, -0.25) is 9.58 Å². The van der Waals surface area contributed by atoms with Crippen molar-refractivity contribution in [2.75, 3.05) is 13.2 Å². The highest BCUT2D eigenvalue weighted by atomic mass is 19.1. The Morgan fingerprint density at radius 2 is 2.09 bits per heavy atom. The summed E-state index contributed by atoms with van der Waals surface area (Å²) < 4.78 is 20.8. The van der Waals surface area contributed by atoms with Crippen LogP contribution in [0.1, 0.15) is 29.7 Å². The van der Waals surface area contributed by atoms with Gasteiger partial charge in [0.05, 0.1) is 11.8 Å². The van der Waals surface area contributed by atoms with Gasteiger partial charge in [0.2, 0.25) is 0 Å². The van der Waals surface area contributed by atoms with Gasteiger partial charge < -0.3 is 4.74 Å². The first-order valence-electron chi connectivity index (χ1n) is 8.17. The summed E-state index contributed by atoms with van der Waals surface area (Å²) >= 11 is 0. The van der Waals surface area contributed by atoms with E-state index >= 15 is 0 Å². The lowest BCUT2D eigenvalue weighted by molar-refractivity contribution is 0.0678. The number of aromatic nitrogens is 2. The zero-order chi connectivity index (χ0) is 16.2. The third-order valence-electron chi connectivity index (χ3n) is 4.31. The number of benzene rings is 1. The number of aryl methyl sites for hydroxylation is 2. The van der Waals surface area contributed by atoms with Gasteiger partial charge in [0.25, 0.3) is 0 Å². The van der Waals surface area contributed by atoms with Crippen LogP contribution in [0, 0.1) is 12.7 Å². The molecule has 2 aromatic rings. The van der Waals surface area contributed by atoms with Crippen LogP contribution in [-0.4, -0.2) is 33.9 Å². The van der Waals surface area contributed by atoms with Gasteiger partial charge in [-0.25, -0.2) is 4.39 Å². The maximum absolute atomic E-state index is 13.1. The van der Waals surface area contributed by atoms with Crippen LogP contribution < -0.4 is 0 Å². The fourth-order valence-corrected chi connectivity index (χ4v) is 3.15. The van der Waals surface area contributed by atoms with Crippen LogP contribution in [0.5, 0.6) is 0 Å². The largest absolute Gasteiger partial charge is 0.377 e. The van der Waals surface area contributed by atoms with Crippen LogP contribution in [0.2, 0.25) is 0 Å². The molecule has 4 nitrogen and oxygen atoms in total. The highest BCUT2D eigenvalue weighted by molar-refractivity contribution is 5.18. The van der Waals surface area contributed by atoms with E-state index in [0.717, 1.165) is 50.3 Å². The van der Waals surface area contributed by atoms with E-state index in [9.17, 15) is 4.39 Å². The second-order valence-corrected chi connectivity index (χ2v) is 6.34. The average molecular weight is 317 g/mol. The van der Waals surface area contributed by atoms with Gasteiger partial charge in [-0.15, -0.1) is 0 Å². The quantitative estimate of drug-likeness (QED) is 0.820. The molecule has 23 heavy (non-hydrogen) atoms. The summed E-state index contributed by atoms with van der Waals surface area (Å²) in [5.41, 5.74) is 3.41. The Labute approximate surface area is 136 Å². The number of hydrogen-bond acceptors (Lipinski definition) is 3. The van der Waals surface area contributed by atoms with Crippen molar-refractivity contribution >= 4 is 0 Å². The van der Waals surface area contributed by atoms with Gasteiger partial charge in [0, 0.05) is 45.0 Å². The van der Waals surface area contributed by atoms with Crippen LogP contribution in [0.3, 0.4) is 0 Å². The van der Waals surface area contributed by atoms with E-state index in [-0.39, 0.29) is 5.82 Å². The Bertz CT molecular complexity index is 632. The van der Waals surface area contributed by atoms with Crippen molar-refractivity contribution in [2.45, 2.75) is 39.0 Å². The normalized spacial score (nSPS) is 18.0. The number of ether oxygens (including phenoxy) is 1. The Balaban J connectivity index is 1.72. The molecule has 1 fully saturated rings. The topological polar surface area (TPSA) is 30.3 Å². The maximum atomic E-state index is 13.1. The van der Waals surface area contributed by atoms with Crippen molar-refractivity contribution in [1.82, 2.24) is 14.7 Å². The summed E-state index contributed by atoms with van der Waals surface area (Å²) in [4.78, 5) is 2.37. The highest BCUT2D eigenvalue weighted by Gasteiger charge is 2.20. The Kier molecular flexibility index (Phi) is 5.08. The molecule has 1 aliphatic rings. The van der Waals surface area contributed by atoms with Crippen molar-refractivity contribution in [2.24, 2.45) is 7.05 Å². The minimum atomic E-state index is -0.192. The van der Waals surface area contributed by atoms with Crippen LogP contribution in [-0.2, 0) is 24.9 Å². The predicted molar refractivity (Wildman–Crippen MR) is 87.4 cm³/mol. The molecule has 1 aromatic heterocycles. The first-order chi connectivity index (χ1) is 11.1. The van der Waals surface area contributed by atoms with Gasteiger partial charge in [0.15, 0.2) is 0 Å². The van der Waals surface area contributed by atoms with Gasteiger partial charge in [-0.1, -0.05) is 12.1 Å². The highest BCUT2D eigenvalue weighted by Crippen LogP contribution is 2.18. The molecule has 124 valence electrons. The first kappa shape index (κ1) is 16.1. The number of rotatable bonds is 6. The lowest BCUT2D eigenvalue weighted by Gasteiger charge is -2.25. The van der Waals surface area contributed by atoms with E-state index in [0.29, 0.717) is 6.10 Å². The second kappa shape index (κ2) is 7.23. The third-order valence-corrected chi connectivity index (χ3v) is 4.31. The molecule has 5 heteroatoms. The lowest BCUT2D eigenvalue weighted by atomic mass is 10.1. The molecule has 0 spiro atoms. The minimum absolute atomic E-state index is 0.192. The molecular formula is C18H24FN3O. The molecule has 0 bridgehead atoms. The molecule has 1 atom stereocenters. The zero-order valence-electron chi connectivity index (χ0n) is 13.8. The molecule has 0 radical (unpaired) electrons. The monoisotopic (exact) mass is 317 g/mol. The van der Waals surface area contributed by atoms with E-state index in [1.807, 2.05) is 30.8 Å². The standard InChI is InChI=1S/C18H24FN3O/c1-14-16(11-21(2)20-14)12-22(13-18-4-3-9-23-18)10-15-5-7-17(19)8-6-15/h5-8,11,18H,3-4,9-10,12-13H2,1-2H3/t18-/m1/s1. The molecule has 0 amide bonds. The summed E-state index contributed by atoms with van der Waals surface area (Å²) in [5.74, 6) is -0.192. The van der Waals surface area contributed by atoms with Crippen molar-refractivity contribution in [3.63, 3.8) is 0 Å². The number of nitrogens with zero attached hydrogens (tertiary/aromatic N) is 3. The summed E-state index contributed by atoms with van der Waals surface area (Å²) in [5, 5.41) is 4.42. The molecule has 1 aromatic carbocycles. The second-order valence-electron chi connectivity index (χ2n) is 6.34. The molecule has 3 rings (SSSR count). The fourth-order valence-electron chi connectivity index (χ4n) is 3.15. The molecule has 0 N–H and O–H groups in total. The van der Waals surface area contributed by atoms with E-state index in [1.54, 1.807) is 0 Å². The van der Waals surface area contributed by atoms with Crippen molar-refractivity contribution in [3.8, 4) is 0 Å². The minimum Gasteiger partial charge on any atom is -0.377 e. The van der Waals surface area contributed by atoms with Crippen LogP contribution in [0.15, 0.2) is 30.5 Å². The molecule has 1 saturated heterocycles. The third kappa shape index (κ3) is 4.39. The predicted octanol–water partition coefficient (Wildman–Crippen LogP) is 3.05. The summed E-state index contributed by atoms with van der Waals surface area (Å²) in [7, 11) is 1.95. The molecular weight excluding hydrogens is 293 g/mol. The first-order valence-corrected chi connectivity index (χ1v) is 8.17. The average Bonchev–Trinajstić information content (AvgIpc) is 3.12. The van der Waals surface area contributed by atoms with Crippen LogP contribution >= 0.6 is 0 Å². The fraction of sp³-hybridized carbons (Fsp3) is 0.500. The lowest BCUT2D eigenvalue weighted by Crippen LogP contribution is -2.31. The summed E-state index contributed by atoms with van der Waals surface area (Å²) in [6.07, 6.45) is 4.63. The Morgan fingerprint density at radius 3 is 2.70 bits per heavy atom. The van der Waals surface area contributed by atoms with Gasteiger partial charge in [0.1, 0.15) is 5.82 Å². The maximum Gasteiger partial charge on any atom is 0.123 e. The smallest absolute Gasteiger partial charge is 0.123 e.